The molecule has 1 saturated heterocycles. The second-order valence-corrected chi connectivity index (χ2v) is 4.39. The zero-order valence-corrected chi connectivity index (χ0v) is 7.53. The molecule has 1 nitrogen and oxygen atoms in total. The van der Waals surface area contributed by atoms with Crippen LogP contribution in [0.1, 0.15) is 45.4 Å². The van der Waals surface area contributed by atoms with Gasteiger partial charge in [-0.15, -0.1) is 0 Å². The molecule has 11 heavy (non-hydrogen) atoms. The summed E-state index contributed by atoms with van der Waals surface area (Å²) in [5.41, 5.74) is 0.838. The van der Waals surface area contributed by atoms with Gasteiger partial charge in [0, 0.05) is 6.04 Å². The molecular weight excluding hydrogens is 134 g/mol. The Morgan fingerprint density at radius 1 is 1.36 bits per heavy atom. The lowest BCUT2D eigenvalue weighted by molar-refractivity contribution is 0.271. The van der Waals surface area contributed by atoms with Crippen LogP contribution in [-0.2, 0) is 0 Å². The Bertz CT molecular complexity index is 136. The van der Waals surface area contributed by atoms with Crippen molar-refractivity contribution >= 4 is 0 Å². The third-order valence-electron chi connectivity index (χ3n) is 3.36. The van der Waals surface area contributed by atoms with E-state index in [0.29, 0.717) is 0 Å². The Balaban J connectivity index is 1.83. The standard InChI is InChI=1S/C10H19N/c1-2-3-9-8-10(4-5-10)6-7-11-9/h9,11H,2-8H2,1H3. The summed E-state index contributed by atoms with van der Waals surface area (Å²) >= 11 is 0. The second kappa shape index (κ2) is 2.78. The van der Waals surface area contributed by atoms with Gasteiger partial charge in [0.1, 0.15) is 0 Å². The van der Waals surface area contributed by atoms with E-state index in [2.05, 4.69) is 12.2 Å². The summed E-state index contributed by atoms with van der Waals surface area (Å²) in [5, 5.41) is 3.62. The van der Waals surface area contributed by atoms with Crippen molar-refractivity contribution in [2.75, 3.05) is 6.54 Å². The maximum Gasteiger partial charge on any atom is 0.00722 e. The van der Waals surface area contributed by atoms with Gasteiger partial charge in [0.15, 0.2) is 0 Å². The van der Waals surface area contributed by atoms with Crippen LogP contribution in [0.2, 0.25) is 0 Å². The predicted molar refractivity (Wildman–Crippen MR) is 47.6 cm³/mol. The highest BCUT2D eigenvalue weighted by Crippen LogP contribution is 2.53. The first kappa shape index (κ1) is 7.60. The Morgan fingerprint density at radius 3 is 2.82 bits per heavy atom. The van der Waals surface area contributed by atoms with Gasteiger partial charge in [0.05, 0.1) is 0 Å². The molecule has 0 aromatic rings. The van der Waals surface area contributed by atoms with Crippen molar-refractivity contribution in [2.45, 2.75) is 51.5 Å². The lowest BCUT2D eigenvalue weighted by Gasteiger charge is -2.30. The number of piperidine rings is 1. The van der Waals surface area contributed by atoms with E-state index in [0.717, 1.165) is 11.5 Å². The highest BCUT2D eigenvalue weighted by atomic mass is 14.9. The van der Waals surface area contributed by atoms with Crippen molar-refractivity contribution in [3.05, 3.63) is 0 Å². The maximum atomic E-state index is 3.62. The van der Waals surface area contributed by atoms with E-state index < -0.39 is 0 Å². The maximum absolute atomic E-state index is 3.62. The third-order valence-corrected chi connectivity index (χ3v) is 3.36. The van der Waals surface area contributed by atoms with Crippen LogP contribution in [-0.4, -0.2) is 12.6 Å². The van der Waals surface area contributed by atoms with Gasteiger partial charge < -0.3 is 5.32 Å². The molecule has 2 fully saturated rings. The molecule has 1 aliphatic carbocycles. The van der Waals surface area contributed by atoms with E-state index in [-0.39, 0.29) is 0 Å². The van der Waals surface area contributed by atoms with Crippen molar-refractivity contribution in [2.24, 2.45) is 5.41 Å². The van der Waals surface area contributed by atoms with E-state index >= 15 is 0 Å². The van der Waals surface area contributed by atoms with Gasteiger partial charge in [-0.25, -0.2) is 0 Å². The molecule has 1 heterocycles. The number of nitrogens with one attached hydrogen (secondary N) is 1. The zero-order valence-electron chi connectivity index (χ0n) is 7.53. The van der Waals surface area contributed by atoms with E-state index in [1.807, 2.05) is 0 Å². The fraction of sp³-hybridized carbons (Fsp3) is 1.00. The zero-order chi connectivity index (χ0) is 7.73. The van der Waals surface area contributed by atoms with E-state index in [1.54, 1.807) is 0 Å². The molecule has 1 spiro atoms. The molecule has 2 rings (SSSR count). The molecule has 0 bridgehead atoms. The smallest absolute Gasteiger partial charge is 0.00722 e. The average molecular weight is 153 g/mol. The largest absolute Gasteiger partial charge is 0.314 e. The molecule has 0 radical (unpaired) electrons. The van der Waals surface area contributed by atoms with Crippen molar-refractivity contribution in [1.82, 2.24) is 5.32 Å². The number of hydrogen-bond acceptors (Lipinski definition) is 1. The van der Waals surface area contributed by atoms with Gasteiger partial charge >= 0.3 is 0 Å². The quantitative estimate of drug-likeness (QED) is 0.642. The second-order valence-electron chi connectivity index (χ2n) is 4.39. The predicted octanol–water partition coefficient (Wildman–Crippen LogP) is 2.32. The Kier molecular flexibility index (Phi) is 1.92. The summed E-state index contributed by atoms with van der Waals surface area (Å²) in [7, 11) is 0. The summed E-state index contributed by atoms with van der Waals surface area (Å²) < 4.78 is 0. The number of rotatable bonds is 2. The summed E-state index contributed by atoms with van der Waals surface area (Å²) in [4.78, 5) is 0. The van der Waals surface area contributed by atoms with Gasteiger partial charge in [-0.3, -0.25) is 0 Å². The summed E-state index contributed by atoms with van der Waals surface area (Å²) in [6, 6.07) is 0.858. The molecule has 1 aliphatic heterocycles. The van der Waals surface area contributed by atoms with E-state index in [4.69, 9.17) is 0 Å². The highest BCUT2D eigenvalue weighted by molar-refractivity contribution is 4.99. The molecule has 0 aromatic carbocycles. The normalized spacial score (nSPS) is 34.1. The molecule has 0 aromatic heterocycles. The Hall–Kier alpha value is -0.0400. The first-order chi connectivity index (χ1) is 5.35. The highest BCUT2D eigenvalue weighted by Gasteiger charge is 2.45. The molecule has 1 atom stereocenters. The van der Waals surface area contributed by atoms with Crippen molar-refractivity contribution in [1.29, 1.82) is 0 Å². The lowest BCUT2D eigenvalue weighted by Crippen LogP contribution is -2.38. The first-order valence-electron chi connectivity index (χ1n) is 5.08. The topological polar surface area (TPSA) is 12.0 Å². The van der Waals surface area contributed by atoms with Gasteiger partial charge in [-0.1, -0.05) is 13.3 Å². The first-order valence-corrected chi connectivity index (χ1v) is 5.08. The van der Waals surface area contributed by atoms with E-state index in [1.165, 1.54) is 45.1 Å². The van der Waals surface area contributed by atoms with E-state index in [9.17, 15) is 0 Å². The molecule has 2 aliphatic rings. The van der Waals surface area contributed by atoms with Crippen LogP contribution in [0, 0.1) is 5.41 Å². The third kappa shape index (κ3) is 1.58. The van der Waals surface area contributed by atoms with Crippen LogP contribution in [0.15, 0.2) is 0 Å². The van der Waals surface area contributed by atoms with Gasteiger partial charge in [0.2, 0.25) is 0 Å². The molecule has 1 N–H and O–H groups in total. The molecule has 1 heteroatoms. The van der Waals surface area contributed by atoms with Crippen LogP contribution in [0.25, 0.3) is 0 Å². The minimum Gasteiger partial charge on any atom is -0.314 e. The van der Waals surface area contributed by atoms with Crippen molar-refractivity contribution < 1.29 is 0 Å². The molecular formula is C10H19N. The van der Waals surface area contributed by atoms with Crippen LogP contribution in [0.5, 0.6) is 0 Å². The summed E-state index contributed by atoms with van der Waals surface area (Å²) in [5.74, 6) is 0. The van der Waals surface area contributed by atoms with Gasteiger partial charge in [-0.2, -0.15) is 0 Å². The summed E-state index contributed by atoms with van der Waals surface area (Å²) in [6.45, 7) is 3.57. The van der Waals surface area contributed by atoms with Crippen molar-refractivity contribution in [3.8, 4) is 0 Å². The van der Waals surface area contributed by atoms with Crippen LogP contribution >= 0.6 is 0 Å². The number of hydrogen-bond donors (Lipinski definition) is 1. The Morgan fingerprint density at radius 2 is 2.18 bits per heavy atom. The Labute approximate surface area is 69.6 Å². The van der Waals surface area contributed by atoms with Gasteiger partial charge in [-0.05, 0) is 44.1 Å². The molecule has 64 valence electrons. The van der Waals surface area contributed by atoms with Crippen LogP contribution in [0.4, 0.5) is 0 Å². The molecule has 0 amide bonds. The fourth-order valence-electron chi connectivity index (χ4n) is 2.42. The molecule has 1 unspecified atom stereocenters. The summed E-state index contributed by atoms with van der Waals surface area (Å²) in [6.07, 6.45) is 8.70. The van der Waals surface area contributed by atoms with Crippen LogP contribution in [0.3, 0.4) is 0 Å². The minimum atomic E-state index is 0.838. The fourth-order valence-corrected chi connectivity index (χ4v) is 2.42. The lowest BCUT2D eigenvalue weighted by atomic mass is 9.88. The van der Waals surface area contributed by atoms with Crippen LogP contribution < -0.4 is 5.32 Å². The SMILES string of the molecule is CCCC1CC2(CCN1)CC2. The molecule has 1 saturated carbocycles. The van der Waals surface area contributed by atoms with Crippen molar-refractivity contribution in [3.63, 3.8) is 0 Å². The van der Waals surface area contributed by atoms with Gasteiger partial charge in [0.25, 0.3) is 0 Å². The minimum absolute atomic E-state index is 0.838. The monoisotopic (exact) mass is 153 g/mol. The average Bonchev–Trinajstić information content (AvgIpc) is 2.70.